The molecule has 15 heteroatoms. The first kappa shape index (κ1) is 34.0. The zero-order valence-electron chi connectivity index (χ0n) is 26.6. The lowest BCUT2D eigenvalue weighted by atomic mass is 9.51. The Morgan fingerprint density at radius 2 is 1.70 bits per heavy atom. The standard InChI is InChI=1S/C35H28Cl2F4N4O5/c1-15-5-4-6-19(28(15)46)27-17-8-9-18-26(32(49)45(30(18)47)43(3)29-22(36)10-12-25(42-29)35(39,40)41)20(17)14-21-31(48)44(33(50)34(21,27)2)16-7-11-24(38)23(37)13-16/h4-8,10-13,18,20-21,26-27,46H,9,14H2,1-3H3/t18-,20+,21-,26-,27+,34+/m0/s1. The van der Waals surface area contributed by atoms with Crippen LogP contribution in [-0.4, -0.2) is 45.8 Å². The number of phenols is 1. The van der Waals surface area contributed by atoms with Crippen LogP contribution in [0.4, 0.5) is 29.1 Å². The van der Waals surface area contributed by atoms with Crippen molar-refractivity contribution in [3.05, 3.63) is 92.9 Å². The van der Waals surface area contributed by atoms with Crippen molar-refractivity contribution >= 4 is 58.3 Å². The number of amides is 4. The summed E-state index contributed by atoms with van der Waals surface area (Å²) in [5.41, 5.74) is -1.29. The first-order chi connectivity index (χ1) is 23.5. The van der Waals surface area contributed by atoms with Gasteiger partial charge < -0.3 is 5.11 Å². The van der Waals surface area contributed by atoms with Crippen LogP contribution in [-0.2, 0) is 25.4 Å². The molecule has 7 rings (SSSR count). The number of imide groups is 2. The van der Waals surface area contributed by atoms with Gasteiger partial charge in [-0.3, -0.25) is 24.2 Å². The molecule has 2 aliphatic carbocycles. The predicted molar refractivity (Wildman–Crippen MR) is 173 cm³/mol. The molecule has 50 heavy (non-hydrogen) atoms. The Bertz CT molecular complexity index is 2060. The van der Waals surface area contributed by atoms with E-state index in [1.165, 1.54) is 19.2 Å². The number of allylic oxidation sites excluding steroid dienone is 2. The number of carbonyl (C=O) groups excluding carboxylic acids is 4. The fraction of sp³-hybridized carbons (Fsp3) is 0.343. The molecule has 3 heterocycles. The Hall–Kier alpha value is -4.49. The Kier molecular flexibility index (Phi) is 7.83. The predicted octanol–water partition coefficient (Wildman–Crippen LogP) is 6.84. The van der Waals surface area contributed by atoms with Gasteiger partial charge in [0, 0.05) is 18.5 Å². The number of fused-ring (bicyclic) bond motifs is 4. The molecule has 0 spiro atoms. The van der Waals surface area contributed by atoms with E-state index in [9.17, 15) is 41.8 Å². The van der Waals surface area contributed by atoms with Gasteiger partial charge in [-0.1, -0.05) is 53.1 Å². The van der Waals surface area contributed by atoms with Crippen LogP contribution in [0.25, 0.3) is 0 Å². The summed E-state index contributed by atoms with van der Waals surface area (Å²) in [5, 5.41) is 12.5. The minimum atomic E-state index is -4.82. The third-order valence-corrected chi connectivity index (χ3v) is 11.3. The van der Waals surface area contributed by atoms with Gasteiger partial charge in [-0.2, -0.15) is 18.2 Å². The summed E-state index contributed by atoms with van der Waals surface area (Å²) >= 11 is 12.3. The van der Waals surface area contributed by atoms with E-state index in [4.69, 9.17) is 23.2 Å². The normalized spacial score (nSPS) is 27.7. The highest BCUT2D eigenvalue weighted by molar-refractivity contribution is 6.33. The SMILES string of the molecule is Cc1cccc([C@H]2C3=CC[C@@H]4C(=O)N(N(C)c5nc(C(F)(F)F)ccc5Cl)C(=O)[C@@H]4[C@@H]3C[C@H]3C(=O)N(c4ccc(F)c(Cl)c4)C(=O)[C@@]23C)c1O. The van der Waals surface area contributed by atoms with Crippen molar-refractivity contribution in [2.24, 2.45) is 29.1 Å². The molecule has 0 radical (unpaired) electrons. The largest absolute Gasteiger partial charge is 0.507 e. The second-order valence-corrected chi connectivity index (χ2v) is 14.1. The first-order valence-corrected chi connectivity index (χ1v) is 16.4. The lowest BCUT2D eigenvalue weighted by Crippen LogP contribution is -2.49. The average molecular weight is 732 g/mol. The van der Waals surface area contributed by atoms with Crippen molar-refractivity contribution in [1.29, 1.82) is 0 Å². The molecule has 2 aliphatic heterocycles. The zero-order valence-corrected chi connectivity index (χ0v) is 28.1. The molecule has 9 nitrogen and oxygen atoms in total. The van der Waals surface area contributed by atoms with Crippen LogP contribution in [0.1, 0.15) is 42.5 Å². The highest BCUT2D eigenvalue weighted by atomic mass is 35.5. The molecule has 6 atom stereocenters. The maximum atomic E-state index is 14.5. The zero-order chi connectivity index (χ0) is 36.2. The van der Waals surface area contributed by atoms with Gasteiger partial charge in [-0.25, -0.2) is 14.3 Å². The highest BCUT2D eigenvalue weighted by Crippen LogP contribution is 2.64. The van der Waals surface area contributed by atoms with E-state index in [-0.39, 0.29) is 34.3 Å². The van der Waals surface area contributed by atoms with Crippen molar-refractivity contribution in [3.8, 4) is 5.75 Å². The smallest absolute Gasteiger partial charge is 0.433 e. The Labute approximate surface area is 293 Å². The van der Waals surface area contributed by atoms with Gasteiger partial charge >= 0.3 is 6.18 Å². The number of aromatic nitrogens is 1. The van der Waals surface area contributed by atoms with Gasteiger partial charge in [0.05, 0.1) is 38.9 Å². The number of nitrogens with zero attached hydrogens (tertiary/aromatic N) is 4. The molecule has 0 unspecified atom stereocenters. The minimum Gasteiger partial charge on any atom is -0.507 e. The first-order valence-electron chi connectivity index (χ1n) is 15.7. The van der Waals surface area contributed by atoms with Crippen molar-refractivity contribution in [3.63, 3.8) is 0 Å². The molecule has 260 valence electrons. The molecule has 2 aromatic carbocycles. The molecule has 0 bridgehead atoms. The third kappa shape index (κ3) is 4.76. The monoisotopic (exact) mass is 730 g/mol. The molecule has 1 N–H and O–H groups in total. The number of phenolic OH excluding ortho intramolecular Hbond substituents is 1. The van der Waals surface area contributed by atoms with Crippen molar-refractivity contribution in [2.45, 2.75) is 38.8 Å². The minimum absolute atomic E-state index is 0.0400. The van der Waals surface area contributed by atoms with Gasteiger partial charge in [0.15, 0.2) is 5.82 Å². The van der Waals surface area contributed by atoms with E-state index in [1.807, 2.05) is 0 Å². The third-order valence-electron chi connectivity index (χ3n) is 10.7. The summed E-state index contributed by atoms with van der Waals surface area (Å²) in [5.74, 6) is -8.75. The van der Waals surface area contributed by atoms with Crippen molar-refractivity contribution < 1.29 is 41.8 Å². The maximum absolute atomic E-state index is 14.5. The summed E-state index contributed by atoms with van der Waals surface area (Å²) in [6, 6.07) is 10.2. The average Bonchev–Trinajstić information content (AvgIpc) is 3.42. The van der Waals surface area contributed by atoms with Crippen LogP contribution >= 0.6 is 23.2 Å². The fourth-order valence-electron chi connectivity index (χ4n) is 8.33. The number of hydrazine groups is 1. The lowest BCUT2D eigenvalue weighted by molar-refractivity contribution is -0.141. The van der Waals surface area contributed by atoms with Crippen LogP contribution in [0.3, 0.4) is 0 Å². The van der Waals surface area contributed by atoms with E-state index in [0.717, 1.165) is 27.1 Å². The molecular formula is C35H28Cl2F4N4O5. The molecule has 1 aromatic heterocycles. The summed E-state index contributed by atoms with van der Waals surface area (Å²) in [7, 11) is 1.21. The Morgan fingerprint density at radius 1 is 0.980 bits per heavy atom. The quantitative estimate of drug-likeness (QED) is 0.178. The summed E-state index contributed by atoms with van der Waals surface area (Å²) < 4.78 is 54.8. The van der Waals surface area contributed by atoms with Crippen molar-refractivity contribution in [2.75, 3.05) is 17.0 Å². The van der Waals surface area contributed by atoms with E-state index in [0.29, 0.717) is 22.8 Å². The number of para-hydroxylation sites is 1. The molecule has 4 aliphatic rings. The maximum Gasteiger partial charge on any atom is 0.433 e. The summed E-state index contributed by atoms with van der Waals surface area (Å²) in [4.78, 5) is 61.6. The van der Waals surface area contributed by atoms with Gasteiger partial charge in [0.25, 0.3) is 11.8 Å². The fourth-order valence-corrected chi connectivity index (χ4v) is 8.74. The number of halogens is 6. The van der Waals surface area contributed by atoms with Crippen LogP contribution in [0.2, 0.25) is 10.0 Å². The number of pyridine rings is 1. The number of aryl methyl sites for hydroxylation is 1. The van der Waals surface area contributed by atoms with Crippen LogP contribution in [0.15, 0.2) is 60.2 Å². The van der Waals surface area contributed by atoms with E-state index >= 15 is 0 Å². The van der Waals surface area contributed by atoms with Gasteiger partial charge in [-0.05, 0) is 68.5 Å². The molecule has 3 fully saturated rings. The van der Waals surface area contributed by atoms with Crippen LogP contribution in [0.5, 0.6) is 5.75 Å². The number of hydrogen-bond acceptors (Lipinski definition) is 7. The second kappa shape index (κ2) is 11.5. The number of benzene rings is 2. The lowest BCUT2D eigenvalue weighted by Gasteiger charge is -2.49. The summed E-state index contributed by atoms with van der Waals surface area (Å²) in [6.45, 7) is 3.31. The number of alkyl halides is 3. The number of aromatic hydroxyl groups is 1. The summed E-state index contributed by atoms with van der Waals surface area (Å²) in [6.07, 6.45) is -3.06. The van der Waals surface area contributed by atoms with Gasteiger partial charge in [0.1, 0.15) is 17.3 Å². The molecule has 1 saturated carbocycles. The van der Waals surface area contributed by atoms with Gasteiger partial charge in [0.2, 0.25) is 11.8 Å². The Morgan fingerprint density at radius 3 is 2.38 bits per heavy atom. The number of hydrogen-bond donors (Lipinski definition) is 1. The van der Waals surface area contributed by atoms with E-state index in [1.54, 1.807) is 38.1 Å². The van der Waals surface area contributed by atoms with Gasteiger partial charge in [-0.15, -0.1) is 0 Å². The van der Waals surface area contributed by atoms with E-state index < -0.39 is 82.1 Å². The number of anilines is 2. The van der Waals surface area contributed by atoms with E-state index in [2.05, 4.69) is 4.98 Å². The molecule has 3 aromatic rings. The second-order valence-electron chi connectivity index (χ2n) is 13.3. The molecule has 4 amide bonds. The Balaban J connectivity index is 1.34. The molecular weight excluding hydrogens is 703 g/mol. The highest BCUT2D eigenvalue weighted by Gasteiger charge is 2.68. The van der Waals surface area contributed by atoms with Crippen LogP contribution in [0, 0.1) is 41.8 Å². The van der Waals surface area contributed by atoms with Crippen molar-refractivity contribution in [1.82, 2.24) is 9.99 Å². The molecule has 2 saturated heterocycles. The van der Waals surface area contributed by atoms with Crippen LogP contribution < -0.4 is 9.91 Å². The topological polar surface area (TPSA) is 111 Å². The number of carbonyl (C=O) groups is 4. The number of rotatable bonds is 4.